The number of carbonyl (C=O) groups excluding carboxylic acids is 1. The van der Waals surface area contributed by atoms with Crippen LogP contribution in [0.5, 0.6) is 0 Å². The molecule has 102 valence electrons. The number of hydrogen-bond donors (Lipinski definition) is 2. The molecule has 0 saturated carbocycles. The predicted octanol–water partition coefficient (Wildman–Crippen LogP) is 1.88. The Labute approximate surface area is 113 Å². The van der Waals surface area contributed by atoms with E-state index in [1.165, 1.54) is 0 Å². The Morgan fingerprint density at radius 3 is 3.05 bits per heavy atom. The molecular formula is C15H20N2O2. The summed E-state index contributed by atoms with van der Waals surface area (Å²) in [5, 5.41) is 12.8. The van der Waals surface area contributed by atoms with Gasteiger partial charge in [0.2, 0.25) is 0 Å². The molecular weight excluding hydrogens is 240 g/mol. The molecule has 0 spiro atoms. The van der Waals surface area contributed by atoms with Crippen LogP contribution in [0.2, 0.25) is 0 Å². The Morgan fingerprint density at radius 1 is 1.53 bits per heavy atom. The molecule has 1 aliphatic heterocycles. The van der Waals surface area contributed by atoms with Gasteiger partial charge in [-0.3, -0.25) is 4.79 Å². The molecule has 1 aromatic carbocycles. The molecule has 4 heteroatoms. The van der Waals surface area contributed by atoms with E-state index in [1.54, 1.807) is 11.0 Å². The second kappa shape index (κ2) is 6.38. The topological polar surface area (TPSA) is 52.6 Å². The van der Waals surface area contributed by atoms with Gasteiger partial charge < -0.3 is 15.3 Å². The van der Waals surface area contributed by atoms with Crippen LogP contribution < -0.4 is 5.32 Å². The third-order valence-electron chi connectivity index (χ3n) is 3.28. The maximum atomic E-state index is 12.5. The zero-order valence-corrected chi connectivity index (χ0v) is 11.0. The fourth-order valence-electron chi connectivity index (χ4n) is 2.32. The average molecular weight is 260 g/mol. The van der Waals surface area contributed by atoms with Crippen LogP contribution in [0.15, 0.2) is 36.9 Å². The molecule has 0 bridgehead atoms. The van der Waals surface area contributed by atoms with E-state index in [-0.39, 0.29) is 5.91 Å². The second-order valence-electron chi connectivity index (χ2n) is 4.76. The summed E-state index contributed by atoms with van der Waals surface area (Å²) >= 11 is 0. The minimum absolute atomic E-state index is 0.0223. The van der Waals surface area contributed by atoms with Crippen molar-refractivity contribution in [1.29, 1.82) is 0 Å². The number of nitrogens with zero attached hydrogens (tertiary/aromatic N) is 1. The Kier molecular flexibility index (Phi) is 4.58. The third-order valence-corrected chi connectivity index (χ3v) is 3.28. The van der Waals surface area contributed by atoms with Gasteiger partial charge in [-0.15, -0.1) is 6.58 Å². The van der Waals surface area contributed by atoms with Crippen molar-refractivity contribution in [3.63, 3.8) is 0 Å². The van der Waals surface area contributed by atoms with Gasteiger partial charge in [-0.05, 0) is 25.0 Å². The van der Waals surface area contributed by atoms with Crippen LogP contribution in [0.4, 0.5) is 5.69 Å². The average Bonchev–Trinajstić information content (AvgIpc) is 2.44. The standard InChI is InChI=1S/C15H20N2O2/c1-2-9-16-14-8-4-3-7-13(14)15(19)17-10-5-6-12(18)11-17/h2-4,7-8,12,16,18H,1,5-6,9-11H2. The highest BCUT2D eigenvalue weighted by Crippen LogP contribution is 2.20. The van der Waals surface area contributed by atoms with Gasteiger partial charge in [0.05, 0.1) is 11.7 Å². The molecule has 1 amide bonds. The van der Waals surface area contributed by atoms with Gasteiger partial charge in [-0.1, -0.05) is 18.2 Å². The molecule has 2 rings (SSSR count). The molecule has 1 atom stereocenters. The highest BCUT2D eigenvalue weighted by Gasteiger charge is 2.24. The highest BCUT2D eigenvalue weighted by molar-refractivity contribution is 5.99. The smallest absolute Gasteiger partial charge is 0.256 e. The lowest BCUT2D eigenvalue weighted by Gasteiger charge is -2.30. The molecule has 1 fully saturated rings. The monoisotopic (exact) mass is 260 g/mol. The van der Waals surface area contributed by atoms with Crippen molar-refractivity contribution in [1.82, 2.24) is 4.90 Å². The first kappa shape index (κ1) is 13.6. The van der Waals surface area contributed by atoms with Gasteiger partial charge in [-0.2, -0.15) is 0 Å². The molecule has 1 aliphatic rings. The molecule has 0 aliphatic carbocycles. The lowest BCUT2D eigenvalue weighted by molar-refractivity contribution is 0.0474. The summed E-state index contributed by atoms with van der Waals surface area (Å²) in [5.74, 6) is -0.0223. The van der Waals surface area contributed by atoms with Crippen molar-refractivity contribution in [2.45, 2.75) is 18.9 Å². The van der Waals surface area contributed by atoms with Crippen molar-refractivity contribution >= 4 is 11.6 Å². The first-order valence-electron chi connectivity index (χ1n) is 6.63. The third kappa shape index (κ3) is 3.35. The number of aliphatic hydroxyl groups excluding tert-OH is 1. The van der Waals surface area contributed by atoms with E-state index >= 15 is 0 Å². The largest absolute Gasteiger partial charge is 0.391 e. The molecule has 2 N–H and O–H groups in total. The Bertz CT molecular complexity index is 459. The number of carbonyl (C=O) groups is 1. The summed E-state index contributed by atoms with van der Waals surface area (Å²) in [5.41, 5.74) is 1.46. The Balaban J connectivity index is 2.15. The molecule has 1 heterocycles. The quantitative estimate of drug-likeness (QED) is 0.813. The van der Waals surface area contributed by atoms with Crippen LogP contribution in [0.25, 0.3) is 0 Å². The minimum atomic E-state index is -0.397. The van der Waals surface area contributed by atoms with E-state index in [2.05, 4.69) is 11.9 Å². The SMILES string of the molecule is C=CCNc1ccccc1C(=O)N1CCCC(O)C1. The first-order chi connectivity index (χ1) is 9.22. The zero-order valence-electron chi connectivity index (χ0n) is 11.0. The van der Waals surface area contributed by atoms with Gasteiger partial charge in [0, 0.05) is 25.3 Å². The molecule has 4 nitrogen and oxygen atoms in total. The lowest BCUT2D eigenvalue weighted by Crippen LogP contribution is -2.42. The van der Waals surface area contributed by atoms with E-state index < -0.39 is 6.10 Å². The maximum absolute atomic E-state index is 12.5. The number of piperidine rings is 1. The number of β-amino-alcohol motifs (C(OH)–C–C–N with tert-alkyl or cyclic N) is 1. The predicted molar refractivity (Wildman–Crippen MR) is 76.3 cm³/mol. The van der Waals surface area contributed by atoms with Crippen LogP contribution in [0.3, 0.4) is 0 Å². The minimum Gasteiger partial charge on any atom is -0.391 e. The second-order valence-corrected chi connectivity index (χ2v) is 4.76. The van der Waals surface area contributed by atoms with E-state index in [0.717, 1.165) is 18.5 Å². The maximum Gasteiger partial charge on any atom is 0.256 e. The number of benzene rings is 1. The van der Waals surface area contributed by atoms with Crippen LogP contribution >= 0.6 is 0 Å². The zero-order chi connectivity index (χ0) is 13.7. The fraction of sp³-hybridized carbons (Fsp3) is 0.400. The van der Waals surface area contributed by atoms with Gasteiger partial charge >= 0.3 is 0 Å². The summed E-state index contributed by atoms with van der Waals surface area (Å²) in [4.78, 5) is 14.2. The van der Waals surface area contributed by atoms with Crippen LogP contribution in [-0.2, 0) is 0 Å². The van der Waals surface area contributed by atoms with E-state index in [4.69, 9.17) is 0 Å². The first-order valence-corrected chi connectivity index (χ1v) is 6.63. The fourth-order valence-corrected chi connectivity index (χ4v) is 2.32. The summed E-state index contributed by atoms with van der Waals surface area (Å²) < 4.78 is 0. The normalized spacial score (nSPS) is 19.0. The number of aliphatic hydroxyl groups is 1. The van der Waals surface area contributed by atoms with E-state index in [9.17, 15) is 9.90 Å². The van der Waals surface area contributed by atoms with Crippen LogP contribution in [0, 0.1) is 0 Å². The number of para-hydroxylation sites is 1. The van der Waals surface area contributed by atoms with Crippen molar-refractivity contribution in [3.8, 4) is 0 Å². The molecule has 1 saturated heterocycles. The Hall–Kier alpha value is -1.81. The van der Waals surface area contributed by atoms with Gasteiger partial charge in [0.15, 0.2) is 0 Å². The molecule has 1 aromatic rings. The van der Waals surface area contributed by atoms with Crippen molar-refractivity contribution in [3.05, 3.63) is 42.5 Å². The van der Waals surface area contributed by atoms with Crippen LogP contribution in [-0.4, -0.2) is 41.7 Å². The van der Waals surface area contributed by atoms with E-state index in [1.807, 2.05) is 24.3 Å². The summed E-state index contributed by atoms with van der Waals surface area (Å²) in [6.45, 7) is 5.42. The molecule has 0 radical (unpaired) electrons. The van der Waals surface area contributed by atoms with Crippen molar-refractivity contribution in [2.75, 3.05) is 25.0 Å². The summed E-state index contributed by atoms with van der Waals surface area (Å²) in [7, 11) is 0. The number of rotatable bonds is 4. The molecule has 19 heavy (non-hydrogen) atoms. The van der Waals surface area contributed by atoms with Crippen LogP contribution in [0.1, 0.15) is 23.2 Å². The number of nitrogens with one attached hydrogen (secondary N) is 1. The van der Waals surface area contributed by atoms with Gasteiger partial charge in [-0.25, -0.2) is 0 Å². The molecule has 0 aromatic heterocycles. The number of amides is 1. The van der Waals surface area contributed by atoms with E-state index in [0.29, 0.717) is 25.2 Å². The number of likely N-dealkylation sites (tertiary alicyclic amines) is 1. The summed E-state index contributed by atoms with van der Waals surface area (Å²) in [6.07, 6.45) is 2.99. The van der Waals surface area contributed by atoms with Gasteiger partial charge in [0.1, 0.15) is 0 Å². The van der Waals surface area contributed by atoms with Crippen molar-refractivity contribution < 1.29 is 9.90 Å². The highest BCUT2D eigenvalue weighted by atomic mass is 16.3. The Morgan fingerprint density at radius 2 is 2.32 bits per heavy atom. The molecule has 1 unspecified atom stereocenters. The number of anilines is 1. The number of hydrogen-bond acceptors (Lipinski definition) is 3. The van der Waals surface area contributed by atoms with Gasteiger partial charge in [0.25, 0.3) is 5.91 Å². The lowest BCUT2D eigenvalue weighted by atomic mass is 10.1. The summed E-state index contributed by atoms with van der Waals surface area (Å²) in [6, 6.07) is 7.45. The van der Waals surface area contributed by atoms with Crippen molar-refractivity contribution in [2.24, 2.45) is 0 Å².